The Morgan fingerprint density at radius 1 is 1.00 bits per heavy atom. The minimum Gasteiger partial charge on any atom is -0.381 e. The van der Waals surface area contributed by atoms with Gasteiger partial charge in [-0.15, -0.1) is 0 Å². The first-order valence-electron chi connectivity index (χ1n) is 12.8. The van der Waals surface area contributed by atoms with Crippen LogP contribution in [0, 0.1) is 5.92 Å². The Balaban J connectivity index is 1.11. The Kier molecular flexibility index (Phi) is 8.97. The van der Waals surface area contributed by atoms with E-state index in [9.17, 15) is 4.79 Å². The maximum Gasteiger partial charge on any atom is 0.221 e. The van der Waals surface area contributed by atoms with Crippen molar-refractivity contribution in [1.82, 2.24) is 14.7 Å². The van der Waals surface area contributed by atoms with Gasteiger partial charge in [0.15, 0.2) is 0 Å². The van der Waals surface area contributed by atoms with Gasteiger partial charge in [-0.3, -0.25) is 14.6 Å². The van der Waals surface area contributed by atoms with Crippen LogP contribution in [0.1, 0.15) is 51.0 Å². The fourth-order valence-electron chi connectivity index (χ4n) is 5.58. The Labute approximate surface area is 194 Å². The number of hydrogen-bond donors (Lipinski definition) is 1. The second-order valence-corrected chi connectivity index (χ2v) is 10.0. The number of carbonyl (C=O) groups excluding carboxylic acids is 1. The van der Waals surface area contributed by atoms with Crippen molar-refractivity contribution in [3.05, 3.63) is 29.8 Å². The molecule has 1 aromatic rings. The van der Waals surface area contributed by atoms with Crippen molar-refractivity contribution in [2.75, 3.05) is 64.3 Å². The highest BCUT2D eigenvalue weighted by Gasteiger charge is 2.32. The molecule has 32 heavy (non-hydrogen) atoms. The molecule has 0 radical (unpaired) electrons. The number of ether oxygens (including phenoxy) is 1. The Morgan fingerprint density at radius 2 is 1.81 bits per heavy atom. The second-order valence-electron chi connectivity index (χ2n) is 10.0. The number of piperidine rings is 2. The molecular formula is C26H42N4O2. The van der Waals surface area contributed by atoms with Crippen LogP contribution in [0.15, 0.2) is 24.3 Å². The lowest BCUT2D eigenvalue weighted by Crippen LogP contribution is -2.56. The zero-order valence-corrected chi connectivity index (χ0v) is 19.9. The van der Waals surface area contributed by atoms with Gasteiger partial charge in [0, 0.05) is 64.5 Å². The quantitative estimate of drug-likeness (QED) is 0.594. The summed E-state index contributed by atoms with van der Waals surface area (Å²) < 4.78 is 6.09. The monoisotopic (exact) mass is 442 g/mol. The van der Waals surface area contributed by atoms with Crippen LogP contribution in [0.25, 0.3) is 0 Å². The van der Waals surface area contributed by atoms with Crippen LogP contribution in [-0.4, -0.2) is 85.7 Å². The predicted octanol–water partition coefficient (Wildman–Crippen LogP) is 3.43. The summed E-state index contributed by atoms with van der Waals surface area (Å²) in [6, 6.07) is 8.97. The molecule has 0 unspecified atom stereocenters. The van der Waals surface area contributed by atoms with Gasteiger partial charge in [0.05, 0.1) is 6.61 Å². The largest absolute Gasteiger partial charge is 0.381 e. The van der Waals surface area contributed by atoms with E-state index >= 15 is 0 Å². The van der Waals surface area contributed by atoms with Gasteiger partial charge >= 0.3 is 0 Å². The summed E-state index contributed by atoms with van der Waals surface area (Å²) in [4.78, 5) is 19.1. The van der Waals surface area contributed by atoms with Gasteiger partial charge in [-0.25, -0.2) is 0 Å². The van der Waals surface area contributed by atoms with E-state index in [1.165, 1.54) is 76.8 Å². The Hall–Kier alpha value is -1.47. The number of nitrogens with zero attached hydrogens (tertiary/aromatic N) is 3. The fourth-order valence-corrected chi connectivity index (χ4v) is 5.58. The van der Waals surface area contributed by atoms with Crippen LogP contribution in [0.4, 0.5) is 5.69 Å². The molecule has 3 saturated heterocycles. The molecule has 4 rings (SSSR count). The van der Waals surface area contributed by atoms with E-state index in [0.29, 0.717) is 12.0 Å². The maximum atomic E-state index is 11.2. The Bertz CT molecular complexity index is 704. The number of carbonyl (C=O) groups is 1. The molecule has 6 heteroatoms. The summed E-state index contributed by atoms with van der Waals surface area (Å²) in [6.07, 6.45) is 7.94. The molecule has 1 aromatic carbocycles. The number of benzene rings is 1. The summed E-state index contributed by atoms with van der Waals surface area (Å²) in [6.45, 7) is 12.9. The average Bonchev–Trinajstić information content (AvgIpc) is 2.80. The van der Waals surface area contributed by atoms with Crippen LogP contribution in [0.5, 0.6) is 0 Å². The molecule has 1 N–H and O–H groups in total. The summed E-state index contributed by atoms with van der Waals surface area (Å²) in [5.41, 5.74) is 2.19. The molecule has 3 aliphatic heterocycles. The van der Waals surface area contributed by atoms with Gasteiger partial charge in [-0.1, -0.05) is 18.6 Å². The van der Waals surface area contributed by atoms with E-state index in [-0.39, 0.29) is 5.91 Å². The highest BCUT2D eigenvalue weighted by molar-refractivity contribution is 5.88. The minimum atomic E-state index is -0.0210. The molecule has 178 valence electrons. The van der Waals surface area contributed by atoms with Crippen molar-refractivity contribution in [1.29, 1.82) is 0 Å². The van der Waals surface area contributed by atoms with Gasteiger partial charge in [0.1, 0.15) is 0 Å². The van der Waals surface area contributed by atoms with E-state index in [1.807, 2.05) is 12.1 Å². The van der Waals surface area contributed by atoms with Crippen LogP contribution in [0.2, 0.25) is 0 Å². The maximum absolute atomic E-state index is 11.2. The van der Waals surface area contributed by atoms with E-state index in [2.05, 4.69) is 32.1 Å². The van der Waals surface area contributed by atoms with Crippen molar-refractivity contribution in [2.45, 2.75) is 58.0 Å². The first-order valence-corrected chi connectivity index (χ1v) is 12.8. The van der Waals surface area contributed by atoms with Crippen molar-refractivity contribution < 1.29 is 9.53 Å². The van der Waals surface area contributed by atoms with E-state index in [1.54, 1.807) is 6.92 Å². The van der Waals surface area contributed by atoms with Gasteiger partial charge in [0.2, 0.25) is 5.91 Å². The van der Waals surface area contributed by atoms with Crippen molar-refractivity contribution in [2.24, 2.45) is 5.92 Å². The summed E-state index contributed by atoms with van der Waals surface area (Å²) in [7, 11) is 0. The van der Waals surface area contributed by atoms with E-state index in [4.69, 9.17) is 4.74 Å². The van der Waals surface area contributed by atoms with Crippen LogP contribution in [0.3, 0.4) is 0 Å². The molecule has 3 fully saturated rings. The number of rotatable bonds is 9. The Morgan fingerprint density at radius 3 is 2.59 bits per heavy atom. The molecule has 0 aliphatic carbocycles. The van der Waals surface area contributed by atoms with Crippen molar-refractivity contribution in [3.8, 4) is 0 Å². The number of fused-ring (bicyclic) bond motifs is 1. The molecule has 2 atom stereocenters. The molecule has 0 bridgehead atoms. The zero-order valence-electron chi connectivity index (χ0n) is 19.9. The molecule has 0 spiro atoms. The average molecular weight is 443 g/mol. The van der Waals surface area contributed by atoms with Crippen LogP contribution >= 0.6 is 0 Å². The molecule has 0 saturated carbocycles. The lowest BCUT2D eigenvalue weighted by Gasteiger charge is -2.46. The predicted molar refractivity (Wildman–Crippen MR) is 130 cm³/mol. The summed E-state index contributed by atoms with van der Waals surface area (Å²) >= 11 is 0. The molecule has 3 aliphatic rings. The van der Waals surface area contributed by atoms with Crippen molar-refractivity contribution in [3.63, 3.8) is 0 Å². The number of likely N-dealkylation sites (tertiary alicyclic amines) is 1. The topological polar surface area (TPSA) is 48.1 Å². The molecule has 0 aromatic heterocycles. The zero-order chi connectivity index (χ0) is 22.2. The third kappa shape index (κ3) is 7.27. The minimum absolute atomic E-state index is 0.0210. The summed E-state index contributed by atoms with van der Waals surface area (Å²) in [5.74, 6) is 0.682. The number of piperazine rings is 1. The second kappa shape index (κ2) is 12.1. The highest BCUT2D eigenvalue weighted by Crippen LogP contribution is 2.26. The lowest BCUT2D eigenvalue weighted by atomic mass is 9.91. The molecule has 3 heterocycles. The molecule has 6 nitrogen and oxygen atoms in total. The third-order valence-electron chi connectivity index (χ3n) is 7.34. The van der Waals surface area contributed by atoms with E-state index in [0.717, 1.165) is 38.5 Å². The smallest absolute Gasteiger partial charge is 0.221 e. The first kappa shape index (κ1) is 23.7. The third-order valence-corrected chi connectivity index (χ3v) is 7.34. The molecular weight excluding hydrogens is 400 g/mol. The number of nitrogens with one attached hydrogen (secondary N) is 1. The normalized spacial score (nSPS) is 25.4. The van der Waals surface area contributed by atoms with Gasteiger partial charge in [-0.2, -0.15) is 0 Å². The fraction of sp³-hybridized carbons (Fsp3) is 0.731. The van der Waals surface area contributed by atoms with Gasteiger partial charge < -0.3 is 15.0 Å². The first-order chi connectivity index (χ1) is 15.7. The van der Waals surface area contributed by atoms with Crippen LogP contribution in [-0.2, 0) is 16.1 Å². The standard InChI is InChI=1S/C26H42N4O2/c1-22(31)27-25-9-6-23(7-10-25)18-29-15-16-30-19-24(8-11-26(30)20-29)21-32-17-5-14-28-12-3-2-4-13-28/h6-7,9-10,24,26H,2-5,8,11-21H2,1H3,(H,27,31)/t24-,26-/m1/s1. The van der Waals surface area contributed by atoms with E-state index < -0.39 is 0 Å². The lowest BCUT2D eigenvalue weighted by molar-refractivity contribution is -0.114. The SMILES string of the molecule is CC(=O)Nc1ccc(CN2CCN3C[C@H](COCCCN4CCCCC4)CC[C@@H]3C2)cc1. The van der Waals surface area contributed by atoms with Gasteiger partial charge in [-0.05, 0) is 68.8 Å². The van der Waals surface area contributed by atoms with Gasteiger partial charge in [0.25, 0.3) is 0 Å². The number of anilines is 1. The molecule has 1 amide bonds. The highest BCUT2D eigenvalue weighted by atomic mass is 16.5. The number of amides is 1. The van der Waals surface area contributed by atoms with Crippen molar-refractivity contribution >= 4 is 11.6 Å². The number of hydrogen-bond acceptors (Lipinski definition) is 5. The van der Waals surface area contributed by atoms with Crippen LogP contribution < -0.4 is 5.32 Å². The summed E-state index contributed by atoms with van der Waals surface area (Å²) in [5, 5.41) is 2.84.